The van der Waals surface area contributed by atoms with Crippen LogP contribution in [0.15, 0.2) is 0 Å². The monoisotopic (exact) mass is 220 g/mol. The molecule has 82 valence electrons. The van der Waals surface area contributed by atoms with Crippen molar-refractivity contribution in [1.82, 2.24) is 0 Å². The van der Waals surface area contributed by atoms with Crippen LogP contribution < -0.4 is 0 Å². The molecule has 0 amide bonds. The highest BCUT2D eigenvalue weighted by Gasteiger charge is 2.20. The largest absolute Gasteiger partial charge is 0.467 e. The van der Waals surface area contributed by atoms with E-state index in [1.54, 1.807) is 0 Å². The van der Waals surface area contributed by atoms with Gasteiger partial charge in [-0.05, 0) is 6.42 Å². The van der Waals surface area contributed by atoms with Gasteiger partial charge >= 0.3 is 5.97 Å². The van der Waals surface area contributed by atoms with Crippen LogP contribution in [-0.2, 0) is 19.1 Å². The zero-order chi connectivity index (χ0) is 11.0. The second kappa shape index (κ2) is 7.82. The number of carbonyl (C=O) groups excluding carboxylic acids is 2. The Kier molecular flexibility index (Phi) is 7.51. The molecule has 5 heteroatoms. The second-order valence-electron chi connectivity index (χ2n) is 2.69. The van der Waals surface area contributed by atoms with Crippen molar-refractivity contribution >= 4 is 22.8 Å². The molecule has 0 aromatic heterocycles. The first kappa shape index (κ1) is 13.4. The van der Waals surface area contributed by atoms with E-state index >= 15 is 0 Å². The fourth-order valence-electron chi connectivity index (χ4n) is 0.769. The van der Waals surface area contributed by atoms with Crippen molar-refractivity contribution < 1.29 is 19.1 Å². The van der Waals surface area contributed by atoms with Crippen LogP contribution in [0.1, 0.15) is 20.3 Å². The Morgan fingerprint density at radius 3 is 2.50 bits per heavy atom. The van der Waals surface area contributed by atoms with Crippen LogP contribution in [0.3, 0.4) is 0 Å². The summed E-state index contributed by atoms with van der Waals surface area (Å²) in [6.07, 6.45) is 0.201. The maximum atomic E-state index is 11.2. The molecule has 0 rings (SSSR count). The van der Waals surface area contributed by atoms with Gasteiger partial charge in [0, 0.05) is 19.3 Å². The van der Waals surface area contributed by atoms with E-state index in [-0.39, 0.29) is 5.12 Å². The standard InChI is InChI=1S/C9H16O4S/c1-4-5-13-8(9(11)12-3)6-14-7(2)10/h8H,4-6H2,1-3H3. The van der Waals surface area contributed by atoms with Gasteiger partial charge in [0.15, 0.2) is 11.2 Å². The molecule has 0 saturated carbocycles. The van der Waals surface area contributed by atoms with Gasteiger partial charge in [-0.3, -0.25) is 4.79 Å². The average Bonchev–Trinajstić information content (AvgIpc) is 2.16. The summed E-state index contributed by atoms with van der Waals surface area (Å²) in [4.78, 5) is 21.8. The summed E-state index contributed by atoms with van der Waals surface area (Å²) in [5.74, 6) is -0.102. The Bertz CT molecular complexity index is 193. The molecule has 0 bridgehead atoms. The minimum atomic E-state index is -0.631. The highest BCUT2D eigenvalue weighted by Crippen LogP contribution is 2.08. The normalized spacial score (nSPS) is 12.2. The summed E-state index contributed by atoms with van der Waals surface area (Å²) < 4.78 is 9.80. The molecule has 0 spiro atoms. The van der Waals surface area contributed by atoms with Crippen molar-refractivity contribution in [1.29, 1.82) is 0 Å². The molecule has 0 aliphatic rings. The third-order valence-electron chi connectivity index (χ3n) is 1.43. The molecule has 0 aliphatic heterocycles. The van der Waals surface area contributed by atoms with E-state index in [2.05, 4.69) is 4.74 Å². The molecule has 1 atom stereocenters. The van der Waals surface area contributed by atoms with Gasteiger partial charge < -0.3 is 9.47 Å². The topological polar surface area (TPSA) is 52.6 Å². The van der Waals surface area contributed by atoms with Gasteiger partial charge in [-0.25, -0.2) is 4.79 Å². The third-order valence-corrected chi connectivity index (χ3v) is 2.30. The number of carbonyl (C=O) groups is 2. The summed E-state index contributed by atoms with van der Waals surface area (Å²) in [5.41, 5.74) is 0. The molecule has 0 fully saturated rings. The smallest absolute Gasteiger partial charge is 0.335 e. The zero-order valence-electron chi connectivity index (χ0n) is 8.74. The van der Waals surface area contributed by atoms with Crippen molar-refractivity contribution in [3.8, 4) is 0 Å². The number of hydrogen-bond acceptors (Lipinski definition) is 5. The first-order valence-corrected chi connectivity index (χ1v) is 5.43. The molecule has 14 heavy (non-hydrogen) atoms. The number of esters is 1. The van der Waals surface area contributed by atoms with E-state index in [9.17, 15) is 9.59 Å². The van der Waals surface area contributed by atoms with Crippen LogP contribution in [0.2, 0.25) is 0 Å². The summed E-state index contributed by atoms with van der Waals surface area (Å²) >= 11 is 1.07. The fourth-order valence-corrected chi connectivity index (χ4v) is 1.39. The second-order valence-corrected chi connectivity index (χ2v) is 3.88. The van der Waals surface area contributed by atoms with E-state index in [0.29, 0.717) is 12.4 Å². The number of thioether (sulfide) groups is 1. The minimum Gasteiger partial charge on any atom is -0.467 e. The molecular formula is C9H16O4S. The van der Waals surface area contributed by atoms with Gasteiger partial charge in [-0.15, -0.1) is 0 Å². The van der Waals surface area contributed by atoms with Gasteiger partial charge in [-0.1, -0.05) is 18.7 Å². The molecule has 0 aromatic carbocycles. The van der Waals surface area contributed by atoms with Gasteiger partial charge in [0.2, 0.25) is 0 Å². The van der Waals surface area contributed by atoms with Gasteiger partial charge in [0.25, 0.3) is 0 Å². The molecule has 0 heterocycles. The van der Waals surface area contributed by atoms with Crippen molar-refractivity contribution in [3.63, 3.8) is 0 Å². The minimum absolute atomic E-state index is 0.0287. The Hall–Kier alpha value is -0.550. The quantitative estimate of drug-likeness (QED) is 0.630. The maximum absolute atomic E-state index is 11.2. The first-order chi connectivity index (χ1) is 6.61. The maximum Gasteiger partial charge on any atom is 0.335 e. The van der Waals surface area contributed by atoms with Crippen LogP contribution in [0.25, 0.3) is 0 Å². The third kappa shape index (κ3) is 5.99. The van der Waals surface area contributed by atoms with Crippen molar-refractivity contribution in [2.24, 2.45) is 0 Å². The molecule has 0 radical (unpaired) electrons. The van der Waals surface area contributed by atoms with E-state index in [0.717, 1.165) is 18.2 Å². The average molecular weight is 220 g/mol. The van der Waals surface area contributed by atoms with E-state index in [1.165, 1.54) is 14.0 Å². The molecular weight excluding hydrogens is 204 g/mol. The molecule has 1 unspecified atom stereocenters. The highest BCUT2D eigenvalue weighted by atomic mass is 32.2. The summed E-state index contributed by atoms with van der Waals surface area (Å²) in [5, 5.41) is -0.0287. The fraction of sp³-hybridized carbons (Fsp3) is 0.778. The van der Waals surface area contributed by atoms with Gasteiger partial charge in [-0.2, -0.15) is 0 Å². The molecule has 4 nitrogen and oxygen atoms in total. The lowest BCUT2D eigenvalue weighted by atomic mass is 10.4. The Labute approximate surface area is 88.3 Å². The van der Waals surface area contributed by atoms with E-state index in [4.69, 9.17) is 4.74 Å². The van der Waals surface area contributed by atoms with Crippen molar-refractivity contribution in [2.45, 2.75) is 26.4 Å². The van der Waals surface area contributed by atoms with E-state index < -0.39 is 12.1 Å². The molecule has 0 N–H and O–H groups in total. The van der Waals surface area contributed by atoms with E-state index in [1.807, 2.05) is 6.92 Å². The number of rotatable bonds is 6. The SMILES string of the molecule is CCCOC(CSC(C)=O)C(=O)OC. The summed E-state index contributed by atoms with van der Waals surface area (Å²) in [7, 11) is 1.31. The lowest BCUT2D eigenvalue weighted by Gasteiger charge is -2.13. The van der Waals surface area contributed by atoms with Crippen molar-refractivity contribution in [3.05, 3.63) is 0 Å². The van der Waals surface area contributed by atoms with Crippen LogP contribution in [0.4, 0.5) is 0 Å². The Morgan fingerprint density at radius 1 is 1.43 bits per heavy atom. The predicted octanol–water partition coefficient (Wildman–Crippen LogP) is 1.23. The van der Waals surface area contributed by atoms with Gasteiger partial charge in [0.05, 0.1) is 7.11 Å². The summed E-state index contributed by atoms with van der Waals surface area (Å²) in [6.45, 7) is 3.91. The molecule has 0 aromatic rings. The zero-order valence-corrected chi connectivity index (χ0v) is 9.56. The van der Waals surface area contributed by atoms with Crippen LogP contribution in [-0.4, -0.2) is 36.7 Å². The number of hydrogen-bond donors (Lipinski definition) is 0. The number of ether oxygens (including phenoxy) is 2. The van der Waals surface area contributed by atoms with Crippen LogP contribution >= 0.6 is 11.8 Å². The Morgan fingerprint density at radius 2 is 2.07 bits per heavy atom. The molecule has 0 saturated heterocycles. The highest BCUT2D eigenvalue weighted by molar-refractivity contribution is 8.13. The predicted molar refractivity (Wildman–Crippen MR) is 55.2 cm³/mol. The van der Waals surface area contributed by atoms with Crippen LogP contribution in [0, 0.1) is 0 Å². The summed E-state index contributed by atoms with van der Waals surface area (Å²) in [6, 6.07) is 0. The van der Waals surface area contributed by atoms with Crippen LogP contribution in [0.5, 0.6) is 0 Å². The number of methoxy groups -OCH3 is 1. The lowest BCUT2D eigenvalue weighted by molar-refractivity contribution is -0.152. The lowest BCUT2D eigenvalue weighted by Crippen LogP contribution is -2.28. The van der Waals surface area contributed by atoms with Crippen molar-refractivity contribution in [2.75, 3.05) is 19.5 Å². The van der Waals surface area contributed by atoms with Gasteiger partial charge in [0.1, 0.15) is 0 Å². The molecule has 0 aliphatic carbocycles. The first-order valence-electron chi connectivity index (χ1n) is 4.44. The Balaban J connectivity index is 3.96.